The Kier molecular flexibility index (Phi) is 12.0. The van der Waals surface area contributed by atoms with Gasteiger partial charge in [0.2, 0.25) is 0 Å². The maximum absolute atomic E-state index is 2.55. The number of fused-ring (bicyclic) bond motifs is 7. The van der Waals surface area contributed by atoms with Gasteiger partial charge in [0, 0.05) is 5.41 Å². The van der Waals surface area contributed by atoms with E-state index >= 15 is 0 Å². The molecule has 0 saturated carbocycles. The van der Waals surface area contributed by atoms with E-state index in [1.807, 2.05) is 0 Å². The SMILES string of the molecule is Cc1ccc2c(c1)C(CCCCCCCCc1ccc3cc4ccccc4cc3c1)(CCCCCCCCc1ccc3cc4ccccc4cc3c1)c1cc(C)ccc1-2. The Hall–Kier alpha value is -5.20. The van der Waals surface area contributed by atoms with Gasteiger partial charge in [-0.2, -0.15) is 0 Å². The predicted molar refractivity (Wildman–Crippen MR) is 257 cm³/mol. The highest BCUT2D eigenvalue weighted by atomic mass is 14.4. The highest BCUT2D eigenvalue weighted by Crippen LogP contribution is 2.54. The Balaban J connectivity index is 0.764. The highest BCUT2D eigenvalue weighted by molar-refractivity contribution is 5.99. The van der Waals surface area contributed by atoms with Crippen molar-refractivity contribution in [2.75, 3.05) is 0 Å². The van der Waals surface area contributed by atoms with Gasteiger partial charge in [-0.3, -0.25) is 0 Å². The van der Waals surface area contributed by atoms with E-state index < -0.39 is 0 Å². The van der Waals surface area contributed by atoms with E-state index in [-0.39, 0.29) is 5.41 Å². The molecule has 0 bridgehead atoms. The van der Waals surface area contributed by atoms with E-state index in [0.717, 1.165) is 0 Å². The number of rotatable bonds is 18. The normalized spacial score (nSPS) is 13.1. The predicted octanol–water partition coefficient (Wildman–Crippen LogP) is 17.1. The lowest BCUT2D eigenvalue weighted by molar-refractivity contribution is 0.397. The van der Waals surface area contributed by atoms with Gasteiger partial charge in [0.05, 0.1) is 0 Å². The first kappa shape index (κ1) is 39.3. The Morgan fingerprint density at radius 1 is 0.305 bits per heavy atom. The quantitative estimate of drug-likeness (QED) is 0.0602. The molecule has 0 nitrogen and oxygen atoms in total. The molecule has 298 valence electrons. The third kappa shape index (κ3) is 8.75. The lowest BCUT2D eigenvalue weighted by Crippen LogP contribution is -2.25. The van der Waals surface area contributed by atoms with Gasteiger partial charge in [0.25, 0.3) is 0 Å². The summed E-state index contributed by atoms with van der Waals surface area (Å²) >= 11 is 0. The van der Waals surface area contributed by atoms with Gasteiger partial charge in [0.15, 0.2) is 0 Å². The molecule has 0 fully saturated rings. The molecule has 0 heteroatoms. The van der Waals surface area contributed by atoms with Crippen molar-refractivity contribution in [1.82, 2.24) is 0 Å². The van der Waals surface area contributed by atoms with Crippen LogP contribution in [0.3, 0.4) is 0 Å². The van der Waals surface area contributed by atoms with E-state index in [1.165, 1.54) is 179 Å². The van der Waals surface area contributed by atoms with E-state index in [1.54, 1.807) is 11.1 Å². The zero-order valence-corrected chi connectivity index (χ0v) is 35.7. The summed E-state index contributed by atoms with van der Waals surface area (Å²) in [6.45, 7) is 4.58. The zero-order chi connectivity index (χ0) is 40.0. The zero-order valence-electron chi connectivity index (χ0n) is 35.7. The van der Waals surface area contributed by atoms with Gasteiger partial charge < -0.3 is 0 Å². The Morgan fingerprint density at radius 3 is 1.08 bits per heavy atom. The molecule has 59 heavy (non-hydrogen) atoms. The van der Waals surface area contributed by atoms with Crippen molar-refractivity contribution < 1.29 is 0 Å². The fourth-order valence-electron chi connectivity index (χ4n) is 10.6. The van der Waals surface area contributed by atoms with Crippen LogP contribution in [-0.2, 0) is 18.3 Å². The van der Waals surface area contributed by atoms with Gasteiger partial charge in [-0.05, 0) is 153 Å². The first-order chi connectivity index (χ1) is 29.0. The molecule has 8 aromatic rings. The van der Waals surface area contributed by atoms with Gasteiger partial charge in [-0.25, -0.2) is 0 Å². The third-order valence-electron chi connectivity index (χ3n) is 13.8. The lowest BCUT2D eigenvalue weighted by Gasteiger charge is -2.33. The molecule has 0 heterocycles. The minimum Gasteiger partial charge on any atom is -0.0616 e. The van der Waals surface area contributed by atoms with Crippen LogP contribution >= 0.6 is 0 Å². The average Bonchev–Trinajstić information content (AvgIpc) is 3.51. The summed E-state index contributed by atoms with van der Waals surface area (Å²) in [5.74, 6) is 0. The molecular formula is C59H62. The summed E-state index contributed by atoms with van der Waals surface area (Å²) in [6, 6.07) is 55.7. The molecule has 0 atom stereocenters. The van der Waals surface area contributed by atoms with Crippen molar-refractivity contribution in [3.8, 4) is 11.1 Å². The van der Waals surface area contributed by atoms with E-state index in [4.69, 9.17) is 0 Å². The van der Waals surface area contributed by atoms with Crippen molar-refractivity contribution in [2.45, 2.75) is 122 Å². The third-order valence-corrected chi connectivity index (χ3v) is 13.8. The number of hydrogen-bond acceptors (Lipinski definition) is 0. The summed E-state index contributed by atoms with van der Waals surface area (Å²) in [4.78, 5) is 0. The van der Waals surface area contributed by atoms with E-state index in [0.29, 0.717) is 0 Å². The molecule has 0 spiro atoms. The summed E-state index contributed by atoms with van der Waals surface area (Å²) in [5, 5.41) is 10.8. The standard InChI is InChI=1S/C59H62/c1-43-25-31-55-56-32-26-44(2)36-58(56)59(57(55)35-43,33-17-9-5-3-7-11-19-45-27-29-51-39-47-21-13-15-23-49(47)41-53(51)37-45)34-18-10-6-4-8-12-20-46-28-30-52-40-48-22-14-16-24-50(48)42-54(52)38-46/h13-16,21-32,35-42H,3-12,17-20,33-34H2,1-2H3. The molecule has 0 saturated heterocycles. The second-order valence-electron chi connectivity index (χ2n) is 18.2. The highest BCUT2D eigenvalue weighted by Gasteiger charge is 2.42. The fraction of sp³-hybridized carbons (Fsp3) is 0.322. The van der Waals surface area contributed by atoms with Crippen LogP contribution < -0.4 is 0 Å². The van der Waals surface area contributed by atoms with Crippen molar-refractivity contribution in [1.29, 1.82) is 0 Å². The number of unbranched alkanes of at least 4 members (excludes halogenated alkanes) is 10. The number of aryl methyl sites for hydroxylation is 4. The minimum atomic E-state index is 0.144. The summed E-state index contributed by atoms with van der Waals surface area (Å²) < 4.78 is 0. The molecule has 1 aliphatic rings. The maximum atomic E-state index is 2.55. The van der Waals surface area contributed by atoms with Crippen molar-refractivity contribution in [2.24, 2.45) is 0 Å². The summed E-state index contributed by atoms with van der Waals surface area (Å²) in [5.41, 5.74) is 12.1. The average molecular weight is 771 g/mol. The number of benzene rings is 8. The fourth-order valence-corrected chi connectivity index (χ4v) is 10.6. The van der Waals surface area contributed by atoms with Crippen LogP contribution in [0.1, 0.15) is 123 Å². The lowest BCUT2D eigenvalue weighted by atomic mass is 9.70. The van der Waals surface area contributed by atoms with Gasteiger partial charge >= 0.3 is 0 Å². The van der Waals surface area contributed by atoms with E-state index in [9.17, 15) is 0 Å². The molecule has 9 rings (SSSR count). The van der Waals surface area contributed by atoms with Crippen LogP contribution in [0.4, 0.5) is 0 Å². The first-order valence-electron chi connectivity index (χ1n) is 23.1. The van der Waals surface area contributed by atoms with Crippen molar-refractivity contribution >= 4 is 43.1 Å². The van der Waals surface area contributed by atoms with Gasteiger partial charge in [-0.1, -0.05) is 197 Å². The summed E-state index contributed by atoms with van der Waals surface area (Å²) in [6.07, 6.45) is 20.8. The molecule has 8 aromatic carbocycles. The monoisotopic (exact) mass is 770 g/mol. The molecular weight excluding hydrogens is 709 g/mol. The van der Waals surface area contributed by atoms with Gasteiger partial charge in [-0.15, -0.1) is 0 Å². The van der Waals surface area contributed by atoms with Crippen LogP contribution in [0.2, 0.25) is 0 Å². The van der Waals surface area contributed by atoms with Crippen LogP contribution in [0.25, 0.3) is 54.2 Å². The molecule has 0 amide bonds. The first-order valence-corrected chi connectivity index (χ1v) is 23.1. The maximum Gasteiger partial charge on any atom is 0.0215 e. The summed E-state index contributed by atoms with van der Waals surface area (Å²) in [7, 11) is 0. The second kappa shape index (κ2) is 18.0. The second-order valence-corrected chi connectivity index (χ2v) is 18.2. The molecule has 0 aromatic heterocycles. The number of hydrogen-bond donors (Lipinski definition) is 0. The molecule has 0 radical (unpaired) electrons. The Bertz CT molecular complexity index is 2520. The largest absolute Gasteiger partial charge is 0.0616 e. The van der Waals surface area contributed by atoms with Crippen LogP contribution in [-0.4, -0.2) is 0 Å². The molecule has 0 aliphatic heterocycles. The van der Waals surface area contributed by atoms with Crippen LogP contribution in [0, 0.1) is 13.8 Å². The Morgan fingerprint density at radius 2 is 0.661 bits per heavy atom. The molecule has 0 N–H and O–H groups in total. The van der Waals surface area contributed by atoms with Crippen LogP contribution in [0.15, 0.2) is 146 Å². The van der Waals surface area contributed by atoms with Crippen molar-refractivity contribution in [3.05, 3.63) is 179 Å². The van der Waals surface area contributed by atoms with Crippen LogP contribution in [0.5, 0.6) is 0 Å². The van der Waals surface area contributed by atoms with Crippen molar-refractivity contribution in [3.63, 3.8) is 0 Å². The topological polar surface area (TPSA) is 0 Å². The molecule has 0 unspecified atom stereocenters. The minimum absolute atomic E-state index is 0.144. The molecule has 1 aliphatic carbocycles. The van der Waals surface area contributed by atoms with E-state index in [2.05, 4.69) is 159 Å². The smallest absolute Gasteiger partial charge is 0.0215 e. The Labute approximate surface area is 353 Å². The van der Waals surface area contributed by atoms with Gasteiger partial charge in [0.1, 0.15) is 0 Å².